The highest BCUT2D eigenvalue weighted by Gasteiger charge is 2.33. The second kappa shape index (κ2) is 5.36. The molecule has 0 radical (unpaired) electrons. The Morgan fingerprint density at radius 3 is 2.53 bits per heavy atom. The van der Waals surface area contributed by atoms with Crippen LogP contribution < -0.4 is 5.32 Å². The van der Waals surface area contributed by atoms with Crippen LogP contribution in [0.4, 0.5) is 4.39 Å². The van der Waals surface area contributed by atoms with Crippen LogP contribution in [0.5, 0.6) is 0 Å². The number of fused-ring (bicyclic) bond motifs is 2. The molecule has 17 heavy (non-hydrogen) atoms. The fourth-order valence-electron chi connectivity index (χ4n) is 3.34. The molecule has 2 heterocycles. The van der Waals surface area contributed by atoms with Gasteiger partial charge in [-0.3, -0.25) is 0 Å². The molecule has 3 rings (SSSR count). The van der Waals surface area contributed by atoms with E-state index in [0.29, 0.717) is 0 Å². The van der Waals surface area contributed by atoms with Gasteiger partial charge in [-0.2, -0.15) is 0 Å². The van der Waals surface area contributed by atoms with E-state index in [0.717, 1.165) is 30.0 Å². The molecule has 0 amide bonds. The van der Waals surface area contributed by atoms with Gasteiger partial charge in [0.2, 0.25) is 0 Å². The number of piperidine rings is 1. The summed E-state index contributed by atoms with van der Waals surface area (Å²) in [6.07, 6.45) is 6.26. The van der Waals surface area contributed by atoms with E-state index in [2.05, 4.69) is 5.32 Å². The summed E-state index contributed by atoms with van der Waals surface area (Å²) in [6.45, 7) is 0. The predicted molar refractivity (Wildman–Crippen MR) is 70.0 cm³/mol. The van der Waals surface area contributed by atoms with E-state index in [1.54, 1.807) is 6.07 Å². The molecule has 1 aromatic carbocycles. The Hall–Kier alpha value is -0.600. The monoisotopic (exact) mass is 255 g/mol. The average Bonchev–Trinajstić information content (AvgIpc) is 2.58. The van der Waals surface area contributed by atoms with Gasteiger partial charge in [0.25, 0.3) is 0 Å². The minimum absolute atomic E-state index is 0. The van der Waals surface area contributed by atoms with Crippen LogP contribution >= 0.6 is 12.4 Å². The van der Waals surface area contributed by atoms with Crippen molar-refractivity contribution in [1.82, 2.24) is 5.32 Å². The van der Waals surface area contributed by atoms with Gasteiger partial charge < -0.3 is 5.32 Å². The Labute approximate surface area is 108 Å². The topological polar surface area (TPSA) is 12.0 Å². The van der Waals surface area contributed by atoms with E-state index in [1.165, 1.54) is 31.7 Å². The number of rotatable bonds is 2. The standard InChI is InChI=1S/C14H18FN.ClH/c15-12-3-1-2-10(7-12)6-11-8-13-4-5-14(9-11)16-13;/h1-3,7,11,13-14,16H,4-6,8-9H2;1H. The Morgan fingerprint density at radius 1 is 1.18 bits per heavy atom. The van der Waals surface area contributed by atoms with Crippen molar-refractivity contribution in [2.45, 2.75) is 44.2 Å². The van der Waals surface area contributed by atoms with Crippen LogP contribution in [0.1, 0.15) is 31.2 Å². The number of halogens is 2. The maximum Gasteiger partial charge on any atom is 0.123 e. The van der Waals surface area contributed by atoms with E-state index >= 15 is 0 Å². The normalized spacial score (nSPS) is 31.0. The van der Waals surface area contributed by atoms with E-state index in [1.807, 2.05) is 12.1 Å². The second-order valence-corrected chi connectivity index (χ2v) is 5.31. The van der Waals surface area contributed by atoms with Crippen LogP contribution in [-0.2, 0) is 6.42 Å². The predicted octanol–water partition coefficient (Wildman–Crippen LogP) is 3.32. The van der Waals surface area contributed by atoms with Crippen LogP contribution in [-0.4, -0.2) is 12.1 Å². The summed E-state index contributed by atoms with van der Waals surface area (Å²) in [6, 6.07) is 8.54. The molecule has 2 aliphatic heterocycles. The Morgan fingerprint density at radius 2 is 1.88 bits per heavy atom. The molecule has 0 aliphatic carbocycles. The smallest absolute Gasteiger partial charge is 0.123 e. The Bertz CT molecular complexity index is 370. The van der Waals surface area contributed by atoms with Gasteiger partial charge in [-0.15, -0.1) is 12.4 Å². The molecule has 2 atom stereocenters. The van der Waals surface area contributed by atoms with Crippen LogP contribution in [0, 0.1) is 11.7 Å². The van der Waals surface area contributed by atoms with Crippen molar-refractivity contribution in [3.63, 3.8) is 0 Å². The molecule has 0 aromatic heterocycles. The summed E-state index contributed by atoms with van der Waals surface area (Å²) in [5, 5.41) is 3.64. The zero-order valence-electron chi connectivity index (χ0n) is 9.86. The first-order chi connectivity index (χ1) is 7.79. The van der Waals surface area contributed by atoms with Crippen LogP contribution in [0.25, 0.3) is 0 Å². The molecule has 2 saturated heterocycles. The van der Waals surface area contributed by atoms with Gasteiger partial charge in [0.1, 0.15) is 5.82 Å². The molecule has 2 unspecified atom stereocenters. The summed E-state index contributed by atoms with van der Waals surface area (Å²) < 4.78 is 13.1. The van der Waals surface area contributed by atoms with Crippen molar-refractivity contribution in [3.05, 3.63) is 35.6 Å². The van der Waals surface area contributed by atoms with Crippen LogP contribution in [0.15, 0.2) is 24.3 Å². The molecular weight excluding hydrogens is 237 g/mol. The fourth-order valence-corrected chi connectivity index (χ4v) is 3.34. The highest BCUT2D eigenvalue weighted by atomic mass is 35.5. The molecular formula is C14H19ClFN. The van der Waals surface area contributed by atoms with Crippen molar-refractivity contribution in [2.24, 2.45) is 5.92 Å². The van der Waals surface area contributed by atoms with Gasteiger partial charge in [0.05, 0.1) is 0 Å². The summed E-state index contributed by atoms with van der Waals surface area (Å²) >= 11 is 0. The largest absolute Gasteiger partial charge is 0.311 e. The maximum absolute atomic E-state index is 13.1. The number of benzene rings is 1. The lowest BCUT2D eigenvalue weighted by molar-refractivity contribution is 0.298. The SMILES string of the molecule is Cl.Fc1cccc(CC2CC3CCC(C2)N3)c1. The third-order valence-electron chi connectivity index (χ3n) is 3.98. The highest BCUT2D eigenvalue weighted by Crippen LogP contribution is 2.32. The van der Waals surface area contributed by atoms with Gasteiger partial charge in [0.15, 0.2) is 0 Å². The minimum atomic E-state index is -0.102. The molecule has 0 spiro atoms. The molecule has 2 fully saturated rings. The summed E-state index contributed by atoms with van der Waals surface area (Å²) in [5.74, 6) is 0.648. The molecule has 3 heteroatoms. The fraction of sp³-hybridized carbons (Fsp3) is 0.571. The number of hydrogen-bond donors (Lipinski definition) is 1. The second-order valence-electron chi connectivity index (χ2n) is 5.31. The van der Waals surface area contributed by atoms with E-state index in [4.69, 9.17) is 0 Å². The van der Waals surface area contributed by atoms with Crippen molar-refractivity contribution in [2.75, 3.05) is 0 Å². The molecule has 0 saturated carbocycles. The maximum atomic E-state index is 13.1. The molecule has 94 valence electrons. The van der Waals surface area contributed by atoms with E-state index in [9.17, 15) is 4.39 Å². The molecule has 1 aromatic rings. The van der Waals surface area contributed by atoms with Crippen molar-refractivity contribution in [3.8, 4) is 0 Å². The third kappa shape index (κ3) is 2.99. The molecule has 2 bridgehead atoms. The van der Waals surface area contributed by atoms with Gasteiger partial charge in [0, 0.05) is 12.1 Å². The first-order valence-electron chi connectivity index (χ1n) is 6.30. The van der Waals surface area contributed by atoms with E-state index in [-0.39, 0.29) is 18.2 Å². The van der Waals surface area contributed by atoms with Gasteiger partial charge in [-0.05, 0) is 55.7 Å². The lowest BCUT2D eigenvalue weighted by atomic mass is 9.87. The summed E-state index contributed by atoms with van der Waals surface area (Å²) in [4.78, 5) is 0. The van der Waals surface area contributed by atoms with Crippen LogP contribution in [0.2, 0.25) is 0 Å². The summed E-state index contributed by atoms with van der Waals surface area (Å²) in [5.41, 5.74) is 1.16. The molecule has 2 aliphatic rings. The summed E-state index contributed by atoms with van der Waals surface area (Å²) in [7, 11) is 0. The number of nitrogens with one attached hydrogen (secondary N) is 1. The number of hydrogen-bond acceptors (Lipinski definition) is 1. The van der Waals surface area contributed by atoms with Crippen molar-refractivity contribution >= 4 is 12.4 Å². The van der Waals surface area contributed by atoms with Crippen molar-refractivity contribution < 1.29 is 4.39 Å². The Balaban J connectivity index is 0.00000108. The van der Waals surface area contributed by atoms with Crippen LogP contribution in [0.3, 0.4) is 0 Å². The van der Waals surface area contributed by atoms with Gasteiger partial charge in [-0.25, -0.2) is 4.39 Å². The van der Waals surface area contributed by atoms with Gasteiger partial charge in [-0.1, -0.05) is 12.1 Å². The van der Waals surface area contributed by atoms with E-state index < -0.39 is 0 Å². The van der Waals surface area contributed by atoms with Crippen molar-refractivity contribution in [1.29, 1.82) is 0 Å². The zero-order chi connectivity index (χ0) is 11.0. The third-order valence-corrected chi connectivity index (χ3v) is 3.98. The Kier molecular flexibility index (Phi) is 4.05. The lowest BCUT2D eigenvalue weighted by Gasteiger charge is -2.29. The zero-order valence-corrected chi connectivity index (χ0v) is 10.7. The molecule has 1 N–H and O–H groups in total. The lowest BCUT2D eigenvalue weighted by Crippen LogP contribution is -2.38. The minimum Gasteiger partial charge on any atom is -0.311 e. The average molecular weight is 256 g/mol. The first kappa shape index (κ1) is 12.8. The van der Waals surface area contributed by atoms with Gasteiger partial charge >= 0.3 is 0 Å². The first-order valence-corrected chi connectivity index (χ1v) is 6.30. The molecule has 1 nitrogen and oxygen atoms in total. The highest BCUT2D eigenvalue weighted by molar-refractivity contribution is 5.85. The quantitative estimate of drug-likeness (QED) is 0.855.